The average molecular weight is 415 g/mol. The molecule has 0 radical (unpaired) electrons. The quantitative estimate of drug-likeness (QED) is 0.569. The Bertz CT molecular complexity index is 694. The summed E-state index contributed by atoms with van der Waals surface area (Å²) in [6.45, 7) is 13.8. The third kappa shape index (κ3) is 8.80. The van der Waals surface area contributed by atoms with E-state index in [0.717, 1.165) is 5.02 Å². The van der Waals surface area contributed by atoms with Crippen LogP contribution in [0.2, 0.25) is 5.02 Å². The fraction of sp³-hybridized carbons (Fsp3) is 0.538. The molecule has 2 aromatic rings. The first kappa shape index (κ1) is 23.8. The van der Waals surface area contributed by atoms with Gasteiger partial charge in [-0.1, -0.05) is 63.6 Å². The number of rotatable bonds is 3. The Morgan fingerprint density at radius 2 is 1.31 bits per heavy atom. The van der Waals surface area contributed by atoms with E-state index in [1.165, 1.54) is 68.7 Å². The molecule has 0 saturated carbocycles. The summed E-state index contributed by atoms with van der Waals surface area (Å²) in [6, 6.07) is 17.0. The molecule has 1 N–H and O–H groups in total. The molecule has 0 unspecified atom stereocenters. The van der Waals surface area contributed by atoms with Gasteiger partial charge in [0.15, 0.2) is 0 Å². The van der Waals surface area contributed by atoms with Crippen molar-refractivity contribution >= 4 is 17.3 Å². The van der Waals surface area contributed by atoms with Gasteiger partial charge in [0, 0.05) is 23.8 Å². The second kappa shape index (κ2) is 12.9. The molecule has 2 aliphatic rings. The van der Waals surface area contributed by atoms with E-state index in [2.05, 4.69) is 68.2 Å². The van der Waals surface area contributed by atoms with Crippen LogP contribution in [0.25, 0.3) is 0 Å². The first-order valence-electron chi connectivity index (χ1n) is 11.3. The molecule has 2 fully saturated rings. The van der Waals surface area contributed by atoms with Gasteiger partial charge in [0.25, 0.3) is 0 Å². The maximum atomic E-state index is 5.79. The molecule has 3 heteroatoms. The topological polar surface area (TPSA) is 15.3 Å². The lowest BCUT2D eigenvalue weighted by Crippen LogP contribution is -2.17. The number of anilines is 1. The van der Waals surface area contributed by atoms with Crippen LogP contribution in [0.1, 0.15) is 76.3 Å². The molecule has 2 heterocycles. The van der Waals surface area contributed by atoms with E-state index in [-0.39, 0.29) is 0 Å². The molecule has 2 aliphatic heterocycles. The summed E-state index contributed by atoms with van der Waals surface area (Å²) in [7, 11) is 0. The molecule has 0 amide bonds. The van der Waals surface area contributed by atoms with Crippen molar-refractivity contribution < 1.29 is 0 Å². The summed E-state index contributed by atoms with van der Waals surface area (Å²) in [5, 5.41) is 4.05. The number of halogens is 1. The third-order valence-electron chi connectivity index (χ3n) is 5.48. The molecule has 0 spiro atoms. The van der Waals surface area contributed by atoms with Crippen LogP contribution in [0, 0.1) is 0 Å². The van der Waals surface area contributed by atoms with Crippen LogP contribution in [-0.4, -0.2) is 26.2 Å². The SMILES string of the molecule is C1CCNC1.CC(C)c1cccc(Cl)c1.CC(C)c1cccc(N2CCCC2)c1. The minimum Gasteiger partial charge on any atom is -0.372 e. The van der Waals surface area contributed by atoms with E-state index in [1.54, 1.807) is 0 Å². The monoisotopic (exact) mass is 414 g/mol. The normalized spacial score (nSPS) is 15.8. The van der Waals surface area contributed by atoms with E-state index >= 15 is 0 Å². The second-order valence-corrected chi connectivity index (χ2v) is 9.05. The summed E-state index contributed by atoms with van der Waals surface area (Å²) in [5.74, 6) is 1.20. The molecular weight excluding hydrogens is 376 g/mol. The Hall–Kier alpha value is -1.51. The third-order valence-corrected chi connectivity index (χ3v) is 5.72. The summed E-state index contributed by atoms with van der Waals surface area (Å²) < 4.78 is 0. The van der Waals surface area contributed by atoms with Crippen LogP contribution >= 0.6 is 11.6 Å². The van der Waals surface area contributed by atoms with Gasteiger partial charge in [0.2, 0.25) is 0 Å². The zero-order chi connectivity index (χ0) is 21.1. The zero-order valence-electron chi connectivity index (χ0n) is 18.8. The first-order chi connectivity index (χ1) is 14.0. The molecule has 0 bridgehead atoms. The van der Waals surface area contributed by atoms with Gasteiger partial charge >= 0.3 is 0 Å². The lowest BCUT2D eigenvalue weighted by atomic mass is 10.0. The fourth-order valence-corrected chi connectivity index (χ4v) is 3.75. The predicted molar refractivity (Wildman–Crippen MR) is 130 cm³/mol. The van der Waals surface area contributed by atoms with Gasteiger partial charge in [-0.25, -0.2) is 0 Å². The van der Waals surface area contributed by atoms with Crippen molar-refractivity contribution in [3.05, 3.63) is 64.7 Å². The highest BCUT2D eigenvalue weighted by molar-refractivity contribution is 6.30. The maximum Gasteiger partial charge on any atom is 0.0408 e. The molecule has 0 atom stereocenters. The van der Waals surface area contributed by atoms with Crippen LogP contribution in [0.15, 0.2) is 48.5 Å². The lowest BCUT2D eigenvalue weighted by molar-refractivity contribution is 0.857. The van der Waals surface area contributed by atoms with E-state index in [4.69, 9.17) is 11.6 Å². The Balaban J connectivity index is 0.000000173. The minimum atomic E-state index is 0.568. The van der Waals surface area contributed by atoms with E-state index in [0.29, 0.717) is 11.8 Å². The highest BCUT2D eigenvalue weighted by Gasteiger charge is 2.12. The van der Waals surface area contributed by atoms with Crippen LogP contribution in [0.3, 0.4) is 0 Å². The van der Waals surface area contributed by atoms with Crippen LogP contribution in [-0.2, 0) is 0 Å². The van der Waals surface area contributed by atoms with Crippen molar-refractivity contribution in [3.8, 4) is 0 Å². The first-order valence-corrected chi connectivity index (χ1v) is 11.7. The number of benzene rings is 2. The largest absolute Gasteiger partial charge is 0.372 e. The molecule has 29 heavy (non-hydrogen) atoms. The summed E-state index contributed by atoms with van der Waals surface area (Å²) in [4.78, 5) is 2.49. The van der Waals surface area contributed by atoms with Crippen molar-refractivity contribution in [1.29, 1.82) is 0 Å². The summed E-state index contributed by atoms with van der Waals surface area (Å²) in [5.41, 5.74) is 4.16. The van der Waals surface area contributed by atoms with Gasteiger partial charge in [-0.3, -0.25) is 0 Å². The predicted octanol–water partition coefficient (Wildman–Crippen LogP) is 7.24. The van der Waals surface area contributed by atoms with Gasteiger partial charge in [0.05, 0.1) is 0 Å². The molecule has 4 rings (SSSR count). The average Bonchev–Trinajstić information content (AvgIpc) is 3.45. The molecule has 0 aromatic heterocycles. The molecule has 2 saturated heterocycles. The van der Waals surface area contributed by atoms with Gasteiger partial charge in [-0.2, -0.15) is 0 Å². The van der Waals surface area contributed by atoms with Gasteiger partial charge in [-0.15, -0.1) is 0 Å². The maximum absolute atomic E-state index is 5.79. The van der Waals surface area contributed by atoms with Gasteiger partial charge in [-0.05, 0) is 86.0 Å². The van der Waals surface area contributed by atoms with Crippen molar-refractivity contribution in [2.75, 3.05) is 31.1 Å². The van der Waals surface area contributed by atoms with E-state index < -0.39 is 0 Å². The van der Waals surface area contributed by atoms with Crippen molar-refractivity contribution in [2.24, 2.45) is 0 Å². The van der Waals surface area contributed by atoms with Crippen molar-refractivity contribution in [2.45, 2.75) is 65.2 Å². The van der Waals surface area contributed by atoms with Crippen molar-refractivity contribution in [3.63, 3.8) is 0 Å². The standard InChI is InChI=1S/C13H19N.C9H11Cl.C4H9N/c1-11(2)12-6-5-7-13(10-12)14-8-3-4-9-14;1-7(2)8-4-3-5-9(10)6-8;1-2-4-5-3-1/h5-7,10-11H,3-4,8-9H2,1-2H3;3-7H,1-2H3;5H,1-4H2. The van der Waals surface area contributed by atoms with Crippen molar-refractivity contribution in [1.82, 2.24) is 5.32 Å². The number of nitrogens with zero attached hydrogens (tertiary/aromatic N) is 1. The number of hydrogen-bond acceptors (Lipinski definition) is 2. The van der Waals surface area contributed by atoms with E-state index in [9.17, 15) is 0 Å². The van der Waals surface area contributed by atoms with Gasteiger partial charge < -0.3 is 10.2 Å². The summed E-state index contributed by atoms with van der Waals surface area (Å²) in [6.07, 6.45) is 5.48. The van der Waals surface area contributed by atoms with E-state index in [1.807, 2.05) is 18.2 Å². The highest BCUT2D eigenvalue weighted by Crippen LogP contribution is 2.24. The Labute approximate surface area is 183 Å². The minimum absolute atomic E-state index is 0.568. The number of hydrogen-bond donors (Lipinski definition) is 1. The van der Waals surface area contributed by atoms with Crippen LogP contribution in [0.4, 0.5) is 5.69 Å². The number of nitrogens with one attached hydrogen (secondary N) is 1. The Kier molecular flexibility index (Phi) is 10.6. The lowest BCUT2D eigenvalue weighted by Gasteiger charge is -2.19. The second-order valence-electron chi connectivity index (χ2n) is 8.61. The molecular formula is C26H39ClN2. The highest BCUT2D eigenvalue weighted by atomic mass is 35.5. The van der Waals surface area contributed by atoms with Crippen LogP contribution < -0.4 is 10.2 Å². The molecule has 0 aliphatic carbocycles. The van der Waals surface area contributed by atoms with Crippen LogP contribution in [0.5, 0.6) is 0 Å². The Morgan fingerprint density at radius 3 is 1.76 bits per heavy atom. The summed E-state index contributed by atoms with van der Waals surface area (Å²) >= 11 is 5.79. The molecule has 2 aromatic carbocycles. The smallest absolute Gasteiger partial charge is 0.0408 e. The fourth-order valence-electron chi connectivity index (χ4n) is 3.55. The molecule has 2 nitrogen and oxygen atoms in total. The van der Waals surface area contributed by atoms with Gasteiger partial charge in [0.1, 0.15) is 0 Å². The Morgan fingerprint density at radius 1 is 0.759 bits per heavy atom. The molecule has 160 valence electrons. The zero-order valence-corrected chi connectivity index (χ0v) is 19.5.